The Labute approximate surface area is 91.9 Å². The lowest BCUT2D eigenvalue weighted by atomic mass is 9.92. The fraction of sp³-hybridized carbons (Fsp3) is 0.500. The lowest BCUT2D eigenvalue weighted by Crippen LogP contribution is -2.04. The molecule has 0 bridgehead atoms. The first-order chi connectivity index (χ1) is 7.27. The van der Waals surface area contributed by atoms with Crippen molar-refractivity contribution in [1.82, 2.24) is 4.98 Å². The maximum Gasteiger partial charge on any atom is 0.0467 e. The fourth-order valence-corrected chi connectivity index (χ4v) is 2.15. The highest BCUT2D eigenvalue weighted by molar-refractivity contribution is 5.25. The summed E-state index contributed by atoms with van der Waals surface area (Å²) in [5.74, 6) is 7.01. The first-order valence-corrected chi connectivity index (χ1v) is 5.67. The molecule has 0 spiro atoms. The monoisotopic (exact) mass is 199 g/mol. The molecule has 0 aromatic carbocycles. The van der Waals surface area contributed by atoms with Crippen molar-refractivity contribution in [3.8, 4) is 11.8 Å². The van der Waals surface area contributed by atoms with Crippen LogP contribution in [0.2, 0.25) is 0 Å². The minimum atomic E-state index is 0.604. The van der Waals surface area contributed by atoms with Gasteiger partial charge in [-0.05, 0) is 38.3 Å². The van der Waals surface area contributed by atoms with E-state index in [4.69, 9.17) is 0 Å². The molecule has 0 unspecified atom stereocenters. The van der Waals surface area contributed by atoms with Crippen molar-refractivity contribution in [2.75, 3.05) is 0 Å². The Morgan fingerprint density at radius 3 is 2.47 bits per heavy atom. The van der Waals surface area contributed by atoms with Gasteiger partial charge in [0.15, 0.2) is 0 Å². The van der Waals surface area contributed by atoms with Gasteiger partial charge in [-0.1, -0.05) is 6.07 Å². The van der Waals surface area contributed by atoms with Gasteiger partial charge in [-0.3, -0.25) is 4.98 Å². The molecule has 2 rings (SSSR count). The van der Waals surface area contributed by atoms with Gasteiger partial charge in [0.25, 0.3) is 0 Å². The summed E-state index contributed by atoms with van der Waals surface area (Å²) in [6.07, 6.45) is 4.40. The number of nitrogens with zero attached hydrogens (tertiary/aromatic N) is 1. The van der Waals surface area contributed by atoms with Crippen LogP contribution < -0.4 is 0 Å². The lowest BCUT2D eigenvalue weighted by molar-refractivity contribution is 0.585. The van der Waals surface area contributed by atoms with E-state index in [9.17, 15) is 0 Å². The van der Waals surface area contributed by atoms with Crippen molar-refractivity contribution in [3.05, 3.63) is 29.1 Å². The van der Waals surface area contributed by atoms with E-state index in [1.54, 1.807) is 0 Å². The lowest BCUT2D eigenvalue weighted by Gasteiger charge is -2.16. The summed E-state index contributed by atoms with van der Waals surface area (Å²) < 4.78 is 0. The molecule has 1 nitrogen and oxygen atoms in total. The molecule has 1 aromatic rings. The maximum absolute atomic E-state index is 4.68. The van der Waals surface area contributed by atoms with Gasteiger partial charge in [0, 0.05) is 30.1 Å². The van der Waals surface area contributed by atoms with Crippen molar-refractivity contribution in [2.24, 2.45) is 0 Å². The molecule has 15 heavy (non-hydrogen) atoms. The van der Waals surface area contributed by atoms with Gasteiger partial charge in [-0.15, -0.1) is 11.8 Å². The summed E-state index contributed by atoms with van der Waals surface area (Å²) >= 11 is 0. The topological polar surface area (TPSA) is 12.9 Å². The number of hydrogen-bond donors (Lipinski definition) is 0. The van der Waals surface area contributed by atoms with Crippen LogP contribution in [0.1, 0.15) is 48.6 Å². The average Bonchev–Trinajstić information content (AvgIpc) is 2.50. The Morgan fingerprint density at radius 1 is 1.13 bits per heavy atom. The summed E-state index contributed by atoms with van der Waals surface area (Å²) in [6.45, 7) is 4.23. The normalized spacial score (nSPS) is 16.7. The van der Waals surface area contributed by atoms with Gasteiger partial charge >= 0.3 is 0 Å². The third-order valence-electron chi connectivity index (χ3n) is 3.02. The van der Waals surface area contributed by atoms with E-state index in [1.807, 2.05) is 0 Å². The van der Waals surface area contributed by atoms with Gasteiger partial charge in [-0.2, -0.15) is 0 Å². The Hall–Kier alpha value is -1.29. The van der Waals surface area contributed by atoms with Crippen LogP contribution in [0, 0.1) is 25.7 Å². The second kappa shape index (κ2) is 4.49. The predicted octanol–water partition coefficient (Wildman–Crippen LogP) is 3.36. The van der Waals surface area contributed by atoms with Crippen LogP contribution in [0.25, 0.3) is 0 Å². The Bertz CT molecular complexity index is 397. The molecule has 0 N–H and O–H groups in total. The van der Waals surface area contributed by atoms with E-state index in [2.05, 4.69) is 42.8 Å². The standard InChI is InChI=1S/C14H17N/c1-11-9-10-12(2)15-14(11)13-7-5-3-4-6-8-13/h9-10,13H,5-8H2,1-2H3. The number of rotatable bonds is 1. The summed E-state index contributed by atoms with van der Waals surface area (Å²) in [4.78, 5) is 4.68. The van der Waals surface area contributed by atoms with Gasteiger partial charge in [0.1, 0.15) is 0 Å². The average molecular weight is 199 g/mol. The molecule has 1 heterocycles. The molecular weight excluding hydrogens is 182 g/mol. The van der Waals surface area contributed by atoms with Crippen LogP contribution in [-0.4, -0.2) is 4.98 Å². The molecule has 0 amide bonds. The molecule has 0 atom stereocenters. The smallest absolute Gasteiger partial charge is 0.0467 e. The van der Waals surface area contributed by atoms with Gasteiger partial charge < -0.3 is 0 Å². The molecule has 0 radical (unpaired) electrons. The second-order valence-corrected chi connectivity index (χ2v) is 4.28. The molecule has 0 fully saturated rings. The van der Waals surface area contributed by atoms with E-state index in [0.29, 0.717) is 5.92 Å². The minimum absolute atomic E-state index is 0.604. The Morgan fingerprint density at radius 2 is 1.80 bits per heavy atom. The largest absolute Gasteiger partial charge is 0.258 e. The van der Waals surface area contributed by atoms with Crippen LogP contribution in [-0.2, 0) is 0 Å². The highest BCUT2D eigenvalue weighted by Gasteiger charge is 2.15. The zero-order chi connectivity index (χ0) is 10.7. The van der Waals surface area contributed by atoms with E-state index in [1.165, 1.54) is 24.1 Å². The molecule has 1 aromatic heterocycles. The van der Waals surface area contributed by atoms with E-state index < -0.39 is 0 Å². The second-order valence-electron chi connectivity index (χ2n) is 4.28. The molecule has 1 aliphatic rings. The first kappa shape index (κ1) is 10.2. The Kier molecular flexibility index (Phi) is 3.06. The van der Waals surface area contributed by atoms with Crippen LogP contribution in [0.3, 0.4) is 0 Å². The minimum Gasteiger partial charge on any atom is -0.258 e. The summed E-state index contributed by atoms with van der Waals surface area (Å²) in [7, 11) is 0. The van der Waals surface area contributed by atoms with Crippen LogP contribution in [0.4, 0.5) is 0 Å². The predicted molar refractivity (Wildman–Crippen MR) is 62.7 cm³/mol. The molecule has 1 heteroatoms. The quantitative estimate of drug-likeness (QED) is 0.632. The molecule has 0 aliphatic heterocycles. The van der Waals surface area contributed by atoms with Crippen molar-refractivity contribution < 1.29 is 0 Å². The van der Waals surface area contributed by atoms with Crippen molar-refractivity contribution in [3.63, 3.8) is 0 Å². The maximum atomic E-state index is 4.68. The zero-order valence-electron chi connectivity index (χ0n) is 9.51. The molecule has 0 saturated heterocycles. The molecule has 1 aliphatic carbocycles. The SMILES string of the molecule is Cc1ccc(C)c(C2CCC#CCC2)n1. The summed E-state index contributed by atoms with van der Waals surface area (Å²) in [5, 5.41) is 0. The van der Waals surface area contributed by atoms with E-state index in [-0.39, 0.29) is 0 Å². The fourth-order valence-electron chi connectivity index (χ4n) is 2.15. The molecular formula is C14H17N. The highest BCUT2D eigenvalue weighted by atomic mass is 14.7. The van der Waals surface area contributed by atoms with E-state index in [0.717, 1.165) is 18.5 Å². The molecule has 0 saturated carbocycles. The van der Waals surface area contributed by atoms with Crippen LogP contribution >= 0.6 is 0 Å². The van der Waals surface area contributed by atoms with Gasteiger partial charge in [0.05, 0.1) is 0 Å². The zero-order valence-corrected chi connectivity index (χ0v) is 9.51. The van der Waals surface area contributed by atoms with E-state index >= 15 is 0 Å². The van der Waals surface area contributed by atoms with Crippen molar-refractivity contribution in [2.45, 2.75) is 45.4 Å². The van der Waals surface area contributed by atoms with Gasteiger partial charge in [0.2, 0.25) is 0 Å². The van der Waals surface area contributed by atoms with Gasteiger partial charge in [-0.25, -0.2) is 0 Å². The third kappa shape index (κ3) is 2.39. The van der Waals surface area contributed by atoms with Crippen molar-refractivity contribution >= 4 is 0 Å². The third-order valence-corrected chi connectivity index (χ3v) is 3.02. The van der Waals surface area contributed by atoms with Crippen LogP contribution in [0.5, 0.6) is 0 Å². The number of aryl methyl sites for hydroxylation is 2. The van der Waals surface area contributed by atoms with Crippen LogP contribution in [0.15, 0.2) is 12.1 Å². The van der Waals surface area contributed by atoms with Crippen molar-refractivity contribution in [1.29, 1.82) is 0 Å². The number of aromatic nitrogens is 1. The summed E-state index contributed by atoms with van der Waals surface area (Å²) in [5.41, 5.74) is 3.74. The first-order valence-electron chi connectivity index (χ1n) is 5.67. The number of hydrogen-bond acceptors (Lipinski definition) is 1. The summed E-state index contributed by atoms with van der Waals surface area (Å²) in [6, 6.07) is 4.27. The molecule has 78 valence electrons. The number of pyridine rings is 1. The highest BCUT2D eigenvalue weighted by Crippen LogP contribution is 2.28. The Balaban J connectivity index is 2.24.